The second-order valence-corrected chi connectivity index (χ2v) is 6.26. The van der Waals surface area contributed by atoms with Gasteiger partial charge in [0.1, 0.15) is 0 Å². The lowest BCUT2D eigenvalue weighted by atomic mass is 9.81. The summed E-state index contributed by atoms with van der Waals surface area (Å²) in [5.41, 5.74) is 0. The average molecular weight is 305 g/mol. The van der Waals surface area contributed by atoms with Crippen molar-refractivity contribution < 1.29 is 13.2 Å². The number of nitrogens with zero attached hydrogens (tertiary/aromatic N) is 1. The van der Waals surface area contributed by atoms with E-state index in [-0.39, 0.29) is 18.8 Å². The molecular formula is C15H26F3N3. The fourth-order valence-corrected chi connectivity index (χ4v) is 3.04. The fourth-order valence-electron chi connectivity index (χ4n) is 3.04. The van der Waals surface area contributed by atoms with Crippen LogP contribution < -0.4 is 10.6 Å². The van der Waals surface area contributed by atoms with E-state index in [0.717, 1.165) is 31.8 Å². The van der Waals surface area contributed by atoms with E-state index < -0.39 is 12.1 Å². The van der Waals surface area contributed by atoms with Gasteiger partial charge in [0.05, 0.1) is 5.92 Å². The standard InChI is InChI=1S/C15H26F3N3/c1-2-19-14(21-13-7-4-8-13)20-10-11-5-3-6-12(9-11)15(16,17)18/h11-13H,2-10H2,1H3,(H2,19,20,21). The number of nitrogens with one attached hydrogen (secondary N) is 2. The van der Waals surface area contributed by atoms with Crippen LogP contribution >= 0.6 is 0 Å². The lowest BCUT2D eigenvalue weighted by Gasteiger charge is -2.31. The summed E-state index contributed by atoms with van der Waals surface area (Å²) < 4.78 is 38.4. The predicted molar refractivity (Wildman–Crippen MR) is 78.3 cm³/mol. The summed E-state index contributed by atoms with van der Waals surface area (Å²) in [4.78, 5) is 4.50. The van der Waals surface area contributed by atoms with Crippen LogP contribution in [0.4, 0.5) is 13.2 Å². The second-order valence-electron chi connectivity index (χ2n) is 6.26. The van der Waals surface area contributed by atoms with Gasteiger partial charge in [-0.1, -0.05) is 6.42 Å². The number of hydrogen-bond donors (Lipinski definition) is 2. The number of guanidine groups is 1. The van der Waals surface area contributed by atoms with E-state index in [9.17, 15) is 13.2 Å². The Balaban J connectivity index is 1.84. The zero-order valence-corrected chi connectivity index (χ0v) is 12.7. The van der Waals surface area contributed by atoms with Crippen LogP contribution in [0.25, 0.3) is 0 Å². The van der Waals surface area contributed by atoms with Gasteiger partial charge in [-0.05, 0) is 51.4 Å². The molecule has 21 heavy (non-hydrogen) atoms. The van der Waals surface area contributed by atoms with Gasteiger partial charge in [0, 0.05) is 19.1 Å². The molecule has 2 aliphatic carbocycles. The molecule has 3 nitrogen and oxygen atoms in total. The van der Waals surface area contributed by atoms with Gasteiger partial charge in [-0.15, -0.1) is 0 Å². The summed E-state index contributed by atoms with van der Waals surface area (Å²) >= 11 is 0. The van der Waals surface area contributed by atoms with E-state index in [1.54, 1.807) is 0 Å². The minimum atomic E-state index is -4.04. The molecule has 2 unspecified atom stereocenters. The van der Waals surface area contributed by atoms with Crippen molar-refractivity contribution in [3.8, 4) is 0 Å². The maximum absolute atomic E-state index is 12.8. The number of hydrogen-bond acceptors (Lipinski definition) is 1. The normalized spacial score (nSPS) is 28.1. The van der Waals surface area contributed by atoms with Crippen LogP contribution in [0.3, 0.4) is 0 Å². The quantitative estimate of drug-likeness (QED) is 0.616. The third-order valence-electron chi connectivity index (χ3n) is 4.54. The van der Waals surface area contributed by atoms with Gasteiger partial charge in [-0.25, -0.2) is 0 Å². The first-order valence-electron chi connectivity index (χ1n) is 8.10. The summed E-state index contributed by atoms with van der Waals surface area (Å²) in [6.45, 7) is 3.27. The molecule has 122 valence electrons. The summed E-state index contributed by atoms with van der Waals surface area (Å²) in [6.07, 6.45) is 1.55. The van der Waals surface area contributed by atoms with Crippen molar-refractivity contribution >= 4 is 5.96 Å². The number of aliphatic imine (C=N–C) groups is 1. The summed E-state index contributed by atoms with van der Waals surface area (Å²) in [7, 11) is 0. The predicted octanol–water partition coefficient (Wildman–Crippen LogP) is 3.46. The van der Waals surface area contributed by atoms with Crippen molar-refractivity contribution in [1.82, 2.24) is 10.6 Å². The highest BCUT2D eigenvalue weighted by Crippen LogP contribution is 2.39. The third-order valence-corrected chi connectivity index (χ3v) is 4.54. The molecule has 0 saturated heterocycles. The Morgan fingerprint density at radius 2 is 1.86 bits per heavy atom. The van der Waals surface area contributed by atoms with E-state index in [1.807, 2.05) is 6.92 Å². The number of halogens is 3. The van der Waals surface area contributed by atoms with Crippen molar-refractivity contribution in [3.63, 3.8) is 0 Å². The van der Waals surface area contributed by atoms with Crippen LogP contribution in [-0.4, -0.2) is 31.3 Å². The van der Waals surface area contributed by atoms with Crippen LogP contribution in [0.5, 0.6) is 0 Å². The molecule has 2 N–H and O–H groups in total. The molecule has 2 atom stereocenters. The van der Waals surface area contributed by atoms with Crippen molar-refractivity contribution in [2.45, 2.75) is 64.1 Å². The van der Waals surface area contributed by atoms with Gasteiger partial charge in [0.15, 0.2) is 5.96 Å². The Labute approximate surface area is 124 Å². The van der Waals surface area contributed by atoms with Crippen molar-refractivity contribution in [3.05, 3.63) is 0 Å². The molecule has 0 bridgehead atoms. The van der Waals surface area contributed by atoms with Crippen molar-refractivity contribution in [2.24, 2.45) is 16.8 Å². The number of alkyl halides is 3. The Bertz CT molecular complexity index is 351. The van der Waals surface area contributed by atoms with E-state index in [0.29, 0.717) is 19.0 Å². The van der Waals surface area contributed by atoms with Crippen LogP contribution in [0.1, 0.15) is 51.9 Å². The highest BCUT2D eigenvalue weighted by molar-refractivity contribution is 5.80. The largest absolute Gasteiger partial charge is 0.391 e. The summed E-state index contributed by atoms with van der Waals surface area (Å²) in [5, 5.41) is 6.53. The fraction of sp³-hybridized carbons (Fsp3) is 0.933. The van der Waals surface area contributed by atoms with E-state index in [2.05, 4.69) is 15.6 Å². The minimum absolute atomic E-state index is 0.0576. The van der Waals surface area contributed by atoms with Crippen LogP contribution in [0.15, 0.2) is 4.99 Å². The highest BCUT2D eigenvalue weighted by atomic mass is 19.4. The van der Waals surface area contributed by atoms with Gasteiger partial charge in [0.25, 0.3) is 0 Å². The SMILES string of the molecule is CCNC(=NCC1CCCC(C(F)(F)F)C1)NC1CCC1. The molecule has 0 aromatic rings. The first-order chi connectivity index (χ1) is 9.99. The topological polar surface area (TPSA) is 36.4 Å². The zero-order chi connectivity index (χ0) is 15.3. The molecule has 0 amide bonds. The summed E-state index contributed by atoms with van der Waals surface area (Å²) in [6, 6.07) is 0.483. The van der Waals surface area contributed by atoms with E-state index in [1.165, 1.54) is 6.42 Å². The van der Waals surface area contributed by atoms with Gasteiger partial charge < -0.3 is 10.6 Å². The van der Waals surface area contributed by atoms with E-state index in [4.69, 9.17) is 0 Å². The molecule has 2 rings (SSSR count). The first kappa shape index (κ1) is 16.4. The second kappa shape index (κ2) is 7.36. The Hall–Kier alpha value is -0.940. The molecule has 0 heterocycles. The smallest absolute Gasteiger partial charge is 0.357 e. The number of rotatable bonds is 4. The Morgan fingerprint density at radius 3 is 2.43 bits per heavy atom. The first-order valence-corrected chi connectivity index (χ1v) is 8.10. The maximum Gasteiger partial charge on any atom is 0.391 e. The lowest BCUT2D eigenvalue weighted by molar-refractivity contribution is -0.185. The van der Waals surface area contributed by atoms with E-state index >= 15 is 0 Å². The zero-order valence-electron chi connectivity index (χ0n) is 12.7. The van der Waals surface area contributed by atoms with Crippen molar-refractivity contribution in [2.75, 3.05) is 13.1 Å². The molecule has 0 spiro atoms. The van der Waals surface area contributed by atoms with Gasteiger partial charge in [0.2, 0.25) is 0 Å². The third kappa shape index (κ3) is 5.08. The minimum Gasteiger partial charge on any atom is -0.357 e. The average Bonchev–Trinajstić information content (AvgIpc) is 2.39. The van der Waals surface area contributed by atoms with Crippen LogP contribution in [0, 0.1) is 11.8 Å². The molecule has 0 aromatic heterocycles. The molecule has 6 heteroatoms. The molecule has 0 radical (unpaired) electrons. The van der Waals surface area contributed by atoms with Crippen molar-refractivity contribution in [1.29, 1.82) is 0 Å². The molecule has 2 fully saturated rings. The monoisotopic (exact) mass is 305 g/mol. The lowest BCUT2D eigenvalue weighted by Crippen LogP contribution is -2.46. The Kier molecular flexibility index (Phi) is 5.76. The van der Waals surface area contributed by atoms with Gasteiger partial charge in [-0.2, -0.15) is 13.2 Å². The summed E-state index contributed by atoms with van der Waals surface area (Å²) in [5.74, 6) is -0.313. The molecule has 0 aromatic carbocycles. The van der Waals surface area contributed by atoms with Crippen LogP contribution in [-0.2, 0) is 0 Å². The molecule has 2 aliphatic rings. The Morgan fingerprint density at radius 1 is 1.14 bits per heavy atom. The molecule has 2 saturated carbocycles. The van der Waals surface area contributed by atoms with Gasteiger partial charge >= 0.3 is 6.18 Å². The molecule has 0 aliphatic heterocycles. The van der Waals surface area contributed by atoms with Gasteiger partial charge in [-0.3, -0.25) is 4.99 Å². The van der Waals surface area contributed by atoms with Crippen LogP contribution in [0.2, 0.25) is 0 Å². The maximum atomic E-state index is 12.8. The molecular weight excluding hydrogens is 279 g/mol. The highest BCUT2D eigenvalue weighted by Gasteiger charge is 2.42.